The van der Waals surface area contributed by atoms with Gasteiger partial charge in [-0.2, -0.15) is 13.2 Å². The standard InChI is InChI=1S/C8H12F3N/c1-6(2)3-4-7(5-12)8(9,10)11/h3-4,7H,1,5,12H2,2H3/b4-3-. The van der Waals surface area contributed by atoms with Crippen LogP contribution in [-0.2, 0) is 0 Å². The van der Waals surface area contributed by atoms with E-state index in [4.69, 9.17) is 5.73 Å². The Morgan fingerprint density at radius 2 is 2.08 bits per heavy atom. The Morgan fingerprint density at radius 1 is 1.58 bits per heavy atom. The van der Waals surface area contributed by atoms with E-state index in [2.05, 4.69) is 6.58 Å². The van der Waals surface area contributed by atoms with Gasteiger partial charge in [-0.05, 0) is 6.92 Å². The molecule has 0 bridgehead atoms. The zero-order chi connectivity index (χ0) is 9.78. The van der Waals surface area contributed by atoms with Crippen LogP contribution in [0, 0.1) is 5.92 Å². The average Bonchev–Trinajstić information content (AvgIpc) is 1.85. The molecule has 0 spiro atoms. The van der Waals surface area contributed by atoms with Gasteiger partial charge >= 0.3 is 6.18 Å². The summed E-state index contributed by atoms with van der Waals surface area (Å²) >= 11 is 0. The van der Waals surface area contributed by atoms with E-state index in [1.807, 2.05) is 0 Å². The first kappa shape index (κ1) is 11.2. The van der Waals surface area contributed by atoms with E-state index >= 15 is 0 Å². The predicted molar refractivity (Wildman–Crippen MR) is 42.6 cm³/mol. The summed E-state index contributed by atoms with van der Waals surface area (Å²) in [7, 11) is 0. The molecular formula is C8H12F3N. The Kier molecular flexibility index (Phi) is 4.03. The van der Waals surface area contributed by atoms with Gasteiger partial charge in [0.1, 0.15) is 0 Å². The molecule has 1 nitrogen and oxygen atoms in total. The fourth-order valence-electron chi connectivity index (χ4n) is 0.602. The highest BCUT2D eigenvalue weighted by atomic mass is 19.4. The molecule has 0 rings (SSSR count). The third-order valence-electron chi connectivity index (χ3n) is 1.29. The van der Waals surface area contributed by atoms with Crippen LogP contribution >= 0.6 is 0 Å². The van der Waals surface area contributed by atoms with Crippen molar-refractivity contribution in [2.24, 2.45) is 11.7 Å². The Hall–Kier alpha value is -0.770. The van der Waals surface area contributed by atoms with Crippen LogP contribution in [0.25, 0.3) is 0 Å². The van der Waals surface area contributed by atoms with Crippen molar-refractivity contribution in [3.63, 3.8) is 0 Å². The number of rotatable bonds is 3. The lowest BCUT2D eigenvalue weighted by Crippen LogP contribution is -2.28. The fraction of sp³-hybridized carbons (Fsp3) is 0.500. The summed E-state index contributed by atoms with van der Waals surface area (Å²) in [5.74, 6) is -1.56. The summed E-state index contributed by atoms with van der Waals surface area (Å²) in [5, 5.41) is 0. The van der Waals surface area contributed by atoms with Crippen molar-refractivity contribution < 1.29 is 13.2 Å². The molecule has 4 heteroatoms. The lowest BCUT2D eigenvalue weighted by Gasteiger charge is -2.13. The zero-order valence-electron chi connectivity index (χ0n) is 6.86. The summed E-state index contributed by atoms with van der Waals surface area (Å²) < 4.78 is 36.0. The minimum atomic E-state index is -4.25. The van der Waals surface area contributed by atoms with E-state index in [-0.39, 0.29) is 0 Å². The van der Waals surface area contributed by atoms with Crippen molar-refractivity contribution in [1.29, 1.82) is 0 Å². The largest absolute Gasteiger partial charge is 0.396 e. The maximum absolute atomic E-state index is 12.0. The third kappa shape index (κ3) is 4.18. The monoisotopic (exact) mass is 179 g/mol. The molecule has 70 valence electrons. The van der Waals surface area contributed by atoms with E-state index < -0.39 is 18.6 Å². The predicted octanol–water partition coefficient (Wildman–Crippen LogP) is 2.26. The molecule has 0 amide bonds. The van der Waals surface area contributed by atoms with E-state index in [1.54, 1.807) is 6.92 Å². The molecule has 0 aliphatic heterocycles. The van der Waals surface area contributed by atoms with Crippen molar-refractivity contribution in [2.45, 2.75) is 13.1 Å². The second-order valence-electron chi connectivity index (χ2n) is 2.59. The van der Waals surface area contributed by atoms with Crippen LogP contribution in [0.2, 0.25) is 0 Å². The minimum absolute atomic E-state index is 0.423. The molecule has 12 heavy (non-hydrogen) atoms. The molecule has 0 fully saturated rings. The number of allylic oxidation sites excluding steroid dienone is 2. The molecule has 0 aromatic carbocycles. The van der Waals surface area contributed by atoms with Crippen LogP contribution in [0.3, 0.4) is 0 Å². The van der Waals surface area contributed by atoms with Gasteiger partial charge < -0.3 is 5.73 Å². The van der Waals surface area contributed by atoms with Crippen molar-refractivity contribution in [2.75, 3.05) is 6.54 Å². The van der Waals surface area contributed by atoms with Crippen molar-refractivity contribution in [1.82, 2.24) is 0 Å². The first-order valence-electron chi connectivity index (χ1n) is 3.48. The quantitative estimate of drug-likeness (QED) is 0.661. The molecule has 0 heterocycles. The van der Waals surface area contributed by atoms with Gasteiger partial charge in [0.25, 0.3) is 0 Å². The summed E-state index contributed by atoms with van der Waals surface area (Å²) in [4.78, 5) is 0. The highest BCUT2D eigenvalue weighted by Crippen LogP contribution is 2.26. The first-order chi connectivity index (χ1) is 5.38. The van der Waals surface area contributed by atoms with E-state index in [0.717, 1.165) is 6.08 Å². The fourth-order valence-corrected chi connectivity index (χ4v) is 0.602. The van der Waals surface area contributed by atoms with Crippen molar-refractivity contribution in [3.05, 3.63) is 24.3 Å². The maximum atomic E-state index is 12.0. The van der Waals surface area contributed by atoms with Gasteiger partial charge in [-0.1, -0.05) is 24.3 Å². The first-order valence-corrected chi connectivity index (χ1v) is 3.48. The van der Waals surface area contributed by atoms with E-state index in [9.17, 15) is 13.2 Å². The van der Waals surface area contributed by atoms with Crippen LogP contribution in [0.15, 0.2) is 24.3 Å². The number of nitrogens with two attached hydrogens (primary N) is 1. The van der Waals surface area contributed by atoms with Gasteiger partial charge in [0.2, 0.25) is 0 Å². The average molecular weight is 179 g/mol. The molecule has 1 unspecified atom stereocenters. The van der Waals surface area contributed by atoms with Crippen molar-refractivity contribution in [3.8, 4) is 0 Å². The van der Waals surface area contributed by atoms with Gasteiger partial charge in [0.05, 0.1) is 5.92 Å². The van der Waals surface area contributed by atoms with E-state index in [0.29, 0.717) is 5.57 Å². The van der Waals surface area contributed by atoms with Gasteiger partial charge in [0, 0.05) is 6.54 Å². The topological polar surface area (TPSA) is 26.0 Å². The van der Waals surface area contributed by atoms with Crippen LogP contribution in [0.5, 0.6) is 0 Å². The highest BCUT2D eigenvalue weighted by Gasteiger charge is 2.36. The number of halogens is 3. The molecular weight excluding hydrogens is 167 g/mol. The summed E-state index contributed by atoms with van der Waals surface area (Å²) in [5.41, 5.74) is 5.53. The van der Waals surface area contributed by atoms with Crippen LogP contribution in [0.1, 0.15) is 6.92 Å². The van der Waals surface area contributed by atoms with Crippen molar-refractivity contribution >= 4 is 0 Å². The molecule has 0 radical (unpaired) electrons. The summed E-state index contributed by atoms with van der Waals surface area (Å²) in [6.07, 6.45) is -1.89. The second-order valence-corrected chi connectivity index (χ2v) is 2.59. The van der Waals surface area contributed by atoms with Gasteiger partial charge in [-0.15, -0.1) is 0 Å². The molecule has 0 aromatic rings. The molecule has 0 saturated heterocycles. The number of hydrogen-bond donors (Lipinski definition) is 1. The van der Waals surface area contributed by atoms with Gasteiger partial charge in [-0.25, -0.2) is 0 Å². The maximum Gasteiger partial charge on any atom is 0.396 e. The van der Waals surface area contributed by atoms with Gasteiger partial charge in [0.15, 0.2) is 0 Å². The van der Waals surface area contributed by atoms with E-state index in [1.165, 1.54) is 6.08 Å². The normalized spacial score (nSPS) is 15.1. The summed E-state index contributed by atoms with van der Waals surface area (Å²) in [6, 6.07) is 0. The zero-order valence-corrected chi connectivity index (χ0v) is 6.86. The Morgan fingerprint density at radius 3 is 2.33 bits per heavy atom. The molecule has 0 aliphatic rings. The second kappa shape index (κ2) is 4.30. The third-order valence-corrected chi connectivity index (χ3v) is 1.29. The smallest absolute Gasteiger partial charge is 0.330 e. The SMILES string of the molecule is C=C(C)/C=C\C(CN)C(F)(F)F. The van der Waals surface area contributed by atoms with Gasteiger partial charge in [-0.3, -0.25) is 0 Å². The summed E-state index contributed by atoms with van der Waals surface area (Å²) in [6.45, 7) is 4.65. The molecule has 0 aromatic heterocycles. The highest BCUT2D eigenvalue weighted by molar-refractivity contribution is 5.12. The Balaban J connectivity index is 4.28. The molecule has 0 aliphatic carbocycles. The number of hydrogen-bond acceptors (Lipinski definition) is 1. The lowest BCUT2D eigenvalue weighted by atomic mass is 10.1. The molecule has 1 atom stereocenters. The van der Waals surface area contributed by atoms with Crippen LogP contribution in [0.4, 0.5) is 13.2 Å². The Bertz CT molecular complexity index is 181. The molecule has 2 N–H and O–H groups in total. The van der Waals surface area contributed by atoms with Crippen LogP contribution < -0.4 is 5.73 Å². The number of alkyl halides is 3. The minimum Gasteiger partial charge on any atom is -0.330 e. The Labute approximate surface area is 69.8 Å². The molecule has 0 saturated carbocycles. The van der Waals surface area contributed by atoms with Crippen LogP contribution in [-0.4, -0.2) is 12.7 Å². The lowest BCUT2D eigenvalue weighted by molar-refractivity contribution is -0.158.